The van der Waals surface area contributed by atoms with Gasteiger partial charge in [0.25, 0.3) is 5.91 Å². The second-order valence-corrected chi connectivity index (χ2v) is 6.02. The first-order chi connectivity index (χ1) is 11.5. The van der Waals surface area contributed by atoms with Crippen LogP contribution in [0.4, 0.5) is 11.4 Å². The van der Waals surface area contributed by atoms with Gasteiger partial charge in [0.15, 0.2) is 5.71 Å². The molecule has 122 valence electrons. The van der Waals surface area contributed by atoms with Crippen LogP contribution < -0.4 is 9.80 Å². The van der Waals surface area contributed by atoms with Gasteiger partial charge in [-0.25, -0.2) is 5.01 Å². The zero-order valence-corrected chi connectivity index (χ0v) is 14.2. The first kappa shape index (κ1) is 15.8. The van der Waals surface area contributed by atoms with Crippen molar-refractivity contribution in [3.05, 3.63) is 47.8 Å². The van der Waals surface area contributed by atoms with Gasteiger partial charge in [0, 0.05) is 14.1 Å². The van der Waals surface area contributed by atoms with Crippen molar-refractivity contribution in [1.82, 2.24) is 5.01 Å². The van der Waals surface area contributed by atoms with E-state index in [9.17, 15) is 10.1 Å². The molecule has 0 atom stereocenters. The third-order valence-corrected chi connectivity index (χ3v) is 4.19. The minimum atomic E-state index is -0.237. The van der Waals surface area contributed by atoms with E-state index < -0.39 is 0 Å². The Morgan fingerprint density at radius 2 is 1.71 bits per heavy atom. The van der Waals surface area contributed by atoms with Crippen molar-refractivity contribution in [1.29, 1.82) is 5.26 Å². The molecule has 0 radical (unpaired) electrons. The molecule has 1 amide bonds. The van der Waals surface area contributed by atoms with Gasteiger partial charge in [0.1, 0.15) is 11.9 Å². The number of rotatable bonds is 2. The number of hydrogen-bond donors (Lipinski definition) is 0. The first-order valence-corrected chi connectivity index (χ1v) is 7.76. The summed E-state index contributed by atoms with van der Waals surface area (Å²) in [6.45, 7) is 3.74. The van der Waals surface area contributed by atoms with E-state index >= 15 is 0 Å². The molecule has 3 rings (SSSR count). The number of hydrogen-bond acceptors (Lipinski definition) is 5. The smallest absolute Gasteiger partial charge is 0.277 e. The van der Waals surface area contributed by atoms with Gasteiger partial charge >= 0.3 is 0 Å². The molecule has 0 bridgehead atoms. The van der Waals surface area contributed by atoms with Crippen LogP contribution in [0.5, 0.6) is 0 Å². The number of amides is 1. The highest BCUT2D eigenvalue weighted by Crippen LogP contribution is 2.39. The molecule has 0 N–H and O–H groups in total. The fourth-order valence-corrected chi connectivity index (χ4v) is 2.90. The number of fused-ring (bicyclic) bond motifs is 1. The second-order valence-electron chi connectivity index (χ2n) is 6.02. The average molecular weight is 321 g/mol. The number of benzene rings is 1. The van der Waals surface area contributed by atoms with Gasteiger partial charge in [-0.05, 0) is 38.1 Å². The summed E-state index contributed by atoms with van der Waals surface area (Å²) < 4.78 is 0. The molecule has 2 aliphatic heterocycles. The molecule has 0 unspecified atom stereocenters. The van der Waals surface area contributed by atoms with E-state index in [0.29, 0.717) is 5.57 Å². The Kier molecular flexibility index (Phi) is 3.86. The second kappa shape index (κ2) is 5.85. The van der Waals surface area contributed by atoms with Gasteiger partial charge in [0.2, 0.25) is 0 Å². The lowest BCUT2D eigenvalue weighted by atomic mass is 10.1. The number of nitriles is 1. The van der Waals surface area contributed by atoms with E-state index in [1.807, 2.05) is 64.4 Å². The highest BCUT2D eigenvalue weighted by Gasteiger charge is 2.32. The topological polar surface area (TPSA) is 62.9 Å². The van der Waals surface area contributed by atoms with E-state index in [-0.39, 0.29) is 17.7 Å². The molecular weight excluding hydrogens is 302 g/mol. The SMILES string of the molecule is CC(C)N1N=C(C#N)/C(=C\C=C2N(C)c3ccccc3N2C)C1=O. The van der Waals surface area contributed by atoms with Crippen molar-refractivity contribution in [2.24, 2.45) is 5.10 Å². The molecule has 1 aromatic rings. The summed E-state index contributed by atoms with van der Waals surface area (Å²) in [6, 6.07) is 10.00. The van der Waals surface area contributed by atoms with Crippen LogP contribution in [0.1, 0.15) is 13.8 Å². The van der Waals surface area contributed by atoms with Crippen LogP contribution in [0, 0.1) is 11.3 Å². The minimum absolute atomic E-state index is 0.0829. The van der Waals surface area contributed by atoms with E-state index in [2.05, 4.69) is 14.9 Å². The van der Waals surface area contributed by atoms with Gasteiger partial charge in [-0.3, -0.25) is 4.79 Å². The Morgan fingerprint density at radius 3 is 2.21 bits per heavy atom. The third kappa shape index (κ3) is 2.35. The minimum Gasteiger partial charge on any atom is -0.329 e. The average Bonchev–Trinajstić information content (AvgIpc) is 3.02. The monoisotopic (exact) mass is 321 g/mol. The van der Waals surface area contributed by atoms with Crippen LogP contribution >= 0.6 is 0 Å². The Morgan fingerprint density at radius 1 is 1.12 bits per heavy atom. The third-order valence-electron chi connectivity index (χ3n) is 4.19. The molecule has 0 saturated heterocycles. The largest absolute Gasteiger partial charge is 0.329 e. The number of nitrogens with zero attached hydrogens (tertiary/aromatic N) is 5. The number of carbonyl (C=O) groups excluding carboxylic acids is 1. The fourth-order valence-electron chi connectivity index (χ4n) is 2.90. The number of para-hydroxylation sites is 2. The molecule has 6 nitrogen and oxygen atoms in total. The predicted octanol–water partition coefficient (Wildman–Crippen LogP) is 2.47. The molecule has 24 heavy (non-hydrogen) atoms. The maximum absolute atomic E-state index is 12.4. The van der Waals surface area contributed by atoms with Crippen LogP contribution in [0.15, 0.2) is 52.9 Å². The van der Waals surface area contributed by atoms with Gasteiger partial charge in [-0.2, -0.15) is 10.4 Å². The molecule has 2 heterocycles. The highest BCUT2D eigenvalue weighted by molar-refractivity contribution is 6.30. The van der Waals surface area contributed by atoms with Crippen LogP contribution in [-0.4, -0.2) is 36.8 Å². The van der Waals surface area contributed by atoms with Crippen molar-refractivity contribution >= 4 is 23.0 Å². The van der Waals surface area contributed by atoms with Crippen molar-refractivity contribution in [2.45, 2.75) is 19.9 Å². The van der Waals surface area contributed by atoms with Crippen molar-refractivity contribution in [3.8, 4) is 6.07 Å². The Bertz CT molecular complexity index is 797. The molecule has 0 fully saturated rings. The van der Waals surface area contributed by atoms with Gasteiger partial charge < -0.3 is 9.80 Å². The van der Waals surface area contributed by atoms with Gasteiger partial charge in [0.05, 0.1) is 23.0 Å². The summed E-state index contributed by atoms with van der Waals surface area (Å²) in [7, 11) is 3.95. The lowest BCUT2D eigenvalue weighted by Crippen LogP contribution is -2.29. The van der Waals surface area contributed by atoms with Gasteiger partial charge in [-0.15, -0.1) is 0 Å². The normalized spacial score (nSPS) is 18.4. The van der Waals surface area contributed by atoms with E-state index in [1.165, 1.54) is 5.01 Å². The lowest BCUT2D eigenvalue weighted by molar-refractivity contribution is -0.127. The predicted molar refractivity (Wildman–Crippen MR) is 94.4 cm³/mol. The number of anilines is 2. The standard InChI is InChI=1S/C18H19N5O/c1-12(2)23-18(24)13(14(11-19)20-23)9-10-17-21(3)15-7-5-6-8-16(15)22(17)4/h5-10,12H,1-4H3/b13-9+. The first-order valence-electron chi connectivity index (χ1n) is 7.76. The molecule has 1 aromatic carbocycles. The molecule has 2 aliphatic rings. The van der Waals surface area contributed by atoms with E-state index in [4.69, 9.17) is 0 Å². The number of hydrazone groups is 1. The number of carbonyl (C=O) groups is 1. The fraction of sp³-hybridized carbons (Fsp3) is 0.278. The summed E-state index contributed by atoms with van der Waals surface area (Å²) >= 11 is 0. The Labute approximate surface area is 141 Å². The van der Waals surface area contributed by atoms with Crippen molar-refractivity contribution in [2.75, 3.05) is 23.9 Å². The maximum atomic E-state index is 12.4. The molecule has 0 saturated carbocycles. The summed E-state index contributed by atoms with van der Waals surface area (Å²) in [6.07, 6.45) is 3.53. The van der Waals surface area contributed by atoms with Crippen LogP contribution in [0.25, 0.3) is 0 Å². The zero-order chi connectivity index (χ0) is 17.4. The molecule has 0 spiro atoms. The molecular formula is C18H19N5O. The summed E-state index contributed by atoms with van der Waals surface area (Å²) in [5.74, 6) is 0.691. The molecule has 6 heteroatoms. The van der Waals surface area contributed by atoms with E-state index in [0.717, 1.165) is 17.2 Å². The molecule has 0 aromatic heterocycles. The molecule has 0 aliphatic carbocycles. The summed E-state index contributed by atoms with van der Waals surface area (Å²) in [4.78, 5) is 16.5. The number of allylic oxidation sites excluding steroid dienone is 2. The quantitative estimate of drug-likeness (QED) is 0.785. The van der Waals surface area contributed by atoms with Crippen LogP contribution in [-0.2, 0) is 4.79 Å². The maximum Gasteiger partial charge on any atom is 0.277 e. The summed E-state index contributed by atoms with van der Waals surface area (Å²) in [5.41, 5.74) is 2.68. The Hall–Kier alpha value is -3.07. The van der Waals surface area contributed by atoms with Crippen molar-refractivity contribution < 1.29 is 4.79 Å². The summed E-state index contributed by atoms with van der Waals surface area (Å²) in [5, 5.41) is 14.7. The van der Waals surface area contributed by atoms with Crippen molar-refractivity contribution in [3.63, 3.8) is 0 Å². The zero-order valence-electron chi connectivity index (χ0n) is 14.2. The Balaban J connectivity index is 1.96. The highest BCUT2D eigenvalue weighted by atomic mass is 16.2. The van der Waals surface area contributed by atoms with E-state index in [1.54, 1.807) is 6.08 Å². The van der Waals surface area contributed by atoms with Gasteiger partial charge in [-0.1, -0.05) is 12.1 Å². The van der Waals surface area contributed by atoms with Crippen LogP contribution in [0.3, 0.4) is 0 Å². The van der Waals surface area contributed by atoms with Crippen LogP contribution in [0.2, 0.25) is 0 Å². The lowest BCUT2D eigenvalue weighted by Gasteiger charge is -2.18.